The summed E-state index contributed by atoms with van der Waals surface area (Å²) in [5.74, 6) is 0. The SMILES string of the molecule is CN1CC(Cl)=C(C=Cc2ccccc2)C(Cl)=C1c1ccccn1. The second-order valence-electron chi connectivity index (χ2n) is 5.30. The highest BCUT2D eigenvalue weighted by molar-refractivity contribution is 6.39. The van der Waals surface area contributed by atoms with Crippen molar-refractivity contribution in [3.63, 3.8) is 0 Å². The smallest absolute Gasteiger partial charge is 0.0878 e. The van der Waals surface area contributed by atoms with E-state index in [0.717, 1.165) is 27.6 Å². The summed E-state index contributed by atoms with van der Waals surface area (Å²) in [6.45, 7) is 0.609. The molecule has 0 aliphatic carbocycles. The zero-order chi connectivity index (χ0) is 16.2. The van der Waals surface area contributed by atoms with Crippen molar-refractivity contribution in [3.8, 4) is 0 Å². The lowest BCUT2D eigenvalue weighted by atomic mass is 10.1. The van der Waals surface area contributed by atoms with E-state index < -0.39 is 0 Å². The topological polar surface area (TPSA) is 16.1 Å². The summed E-state index contributed by atoms with van der Waals surface area (Å²) in [6, 6.07) is 15.9. The number of hydrogen-bond acceptors (Lipinski definition) is 2. The lowest BCUT2D eigenvalue weighted by Gasteiger charge is -2.28. The summed E-state index contributed by atoms with van der Waals surface area (Å²) in [5.41, 5.74) is 3.68. The van der Waals surface area contributed by atoms with Crippen LogP contribution in [-0.2, 0) is 0 Å². The van der Waals surface area contributed by atoms with E-state index in [2.05, 4.69) is 4.98 Å². The molecule has 23 heavy (non-hydrogen) atoms. The van der Waals surface area contributed by atoms with Gasteiger partial charge in [0.2, 0.25) is 0 Å². The Morgan fingerprint density at radius 3 is 2.43 bits per heavy atom. The third-order valence-corrected chi connectivity index (χ3v) is 4.35. The molecule has 116 valence electrons. The van der Waals surface area contributed by atoms with Crippen molar-refractivity contribution < 1.29 is 0 Å². The monoisotopic (exact) mass is 342 g/mol. The fourth-order valence-corrected chi connectivity index (χ4v) is 3.31. The average molecular weight is 343 g/mol. The third-order valence-electron chi connectivity index (χ3n) is 3.64. The number of likely N-dealkylation sites (N-methyl/N-ethyl adjacent to an activating group) is 1. The van der Waals surface area contributed by atoms with Crippen LogP contribution in [0.25, 0.3) is 11.8 Å². The molecule has 0 unspecified atom stereocenters. The number of pyridine rings is 1. The van der Waals surface area contributed by atoms with E-state index in [1.807, 2.05) is 72.6 Å². The van der Waals surface area contributed by atoms with Gasteiger partial charge in [-0.15, -0.1) is 0 Å². The van der Waals surface area contributed by atoms with E-state index in [9.17, 15) is 0 Å². The quantitative estimate of drug-likeness (QED) is 0.767. The molecule has 4 heteroatoms. The van der Waals surface area contributed by atoms with Gasteiger partial charge in [0.05, 0.1) is 23.0 Å². The fourth-order valence-electron chi connectivity index (χ4n) is 2.50. The van der Waals surface area contributed by atoms with Crippen LogP contribution in [0.15, 0.2) is 76.4 Å². The van der Waals surface area contributed by atoms with Crippen LogP contribution in [-0.4, -0.2) is 23.5 Å². The molecule has 0 amide bonds. The van der Waals surface area contributed by atoms with Gasteiger partial charge in [-0.05, 0) is 17.7 Å². The number of allylic oxidation sites excluding steroid dienone is 3. The van der Waals surface area contributed by atoms with Crippen LogP contribution in [0.2, 0.25) is 0 Å². The molecule has 2 aromatic rings. The summed E-state index contributed by atoms with van der Waals surface area (Å²) >= 11 is 13.1. The largest absolute Gasteiger partial charge is 0.366 e. The highest BCUT2D eigenvalue weighted by Crippen LogP contribution is 2.36. The maximum absolute atomic E-state index is 6.64. The van der Waals surface area contributed by atoms with E-state index in [1.165, 1.54) is 0 Å². The van der Waals surface area contributed by atoms with Crippen molar-refractivity contribution in [3.05, 3.63) is 87.7 Å². The van der Waals surface area contributed by atoms with Crippen molar-refractivity contribution in [2.75, 3.05) is 13.6 Å². The molecule has 1 aromatic heterocycles. The molecule has 2 heterocycles. The Hall–Kier alpha value is -2.03. The zero-order valence-corrected chi connectivity index (χ0v) is 14.2. The van der Waals surface area contributed by atoms with Gasteiger partial charge >= 0.3 is 0 Å². The van der Waals surface area contributed by atoms with Crippen molar-refractivity contribution in [2.45, 2.75) is 0 Å². The molecule has 2 nitrogen and oxygen atoms in total. The van der Waals surface area contributed by atoms with Crippen molar-refractivity contribution in [1.29, 1.82) is 0 Å². The number of aromatic nitrogens is 1. The molecule has 0 atom stereocenters. The molecule has 1 aliphatic rings. The van der Waals surface area contributed by atoms with Gasteiger partial charge in [0.15, 0.2) is 0 Å². The predicted molar refractivity (Wildman–Crippen MR) is 98.0 cm³/mol. The Bertz CT molecular complexity index is 778. The van der Waals surface area contributed by atoms with Gasteiger partial charge in [0.25, 0.3) is 0 Å². The van der Waals surface area contributed by atoms with Gasteiger partial charge in [-0.25, -0.2) is 0 Å². The highest BCUT2D eigenvalue weighted by atomic mass is 35.5. The fraction of sp³-hybridized carbons (Fsp3) is 0.105. The van der Waals surface area contributed by atoms with Crippen LogP contribution in [0, 0.1) is 0 Å². The Kier molecular flexibility index (Phi) is 4.85. The van der Waals surface area contributed by atoms with Gasteiger partial charge < -0.3 is 4.90 Å². The summed E-state index contributed by atoms with van der Waals surface area (Å²) in [6.07, 6.45) is 5.75. The Balaban J connectivity index is 2.01. The zero-order valence-electron chi connectivity index (χ0n) is 12.7. The van der Waals surface area contributed by atoms with Gasteiger partial charge in [0.1, 0.15) is 0 Å². The molecule has 0 fully saturated rings. The molecular weight excluding hydrogens is 327 g/mol. The molecule has 0 saturated heterocycles. The third kappa shape index (κ3) is 3.49. The van der Waals surface area contributed by atoms with Crippen molar-refractivity contribution >= 4 is 35.0 Å². The molecule has 0 spiro atoms. The summed E-state index contributed by atoms with van der Waals surface area (Å²) in [4.78, 5) is 6.43. The number of halogens is 2. The number of benzene rings is 1. The highest BCUT2D eigenvalue weighted by Gasteiger charge is 2.23. The first-order valence-corrected chi connectivity index (χ1v) is 8.07. The van der Waals surface area contributed by atoms with Gasteiger partial charge in [-0.2, -0.15) is 0 Å². The van der Waals surface area contributed by atoms with E-state index in [-0.39, 0.29) is 0 Å². The minimum Gasteiger partial charge on any atom is -0.366 e. The molecule has 1 aliphatic heterocycles. The second kappa shape index (κ2) is 7.03. The van der Waals surface area contributed by atoms with Crippen molar-refractivity contribution in [1.82, 2.24) is 9.88 Å². The molecule has 0 N–H and O–H groups in total. The van der Waals surface area contributed by atoms with Gasteiger partial charge in [0, 0.05) is 23.8 Å². The minimum absolute atomic E-state index is 0.609. The Morgan fingerprint density at radius 2 is 1.74 bits per heavy atom. The van der Waals surface area contributed by atoms with Crippen LogP contribution in [0.5, 0.6) is 0 Å². The van der Waals surface area contributed by atoms with E-state index in [1.54, 1.807) is 6.20 Å². The standard InChI is InChI=1S/C19H16Cl2N2/c1-23-13-16(20)15(11-10-14-7-3-2-4-8-14)18(21)19(23)17-9-5-6-12-22-17/h2-12H,13H2,1H3. The first-order valence-electron chi connectivity index (χ1n) is 7.31. The summed E-state index contributed by atoms with van der Waals surface area (Å²) in [5, 5.41) is 1.35. The van der Waals surface area contributed by atoms with Gasteiger partial charge in [-0.1, -0.05) is 71.8 Å². The van der Waals surface area contributed by atoms with E-state index in [0.29, 0.717) is 11.6 Å². The lowest BCUT2D eigenvalue weighted by Crippen LogP contribution is -2.24. The molecule has 0 bridgehead atoms. The van der Waals surface area contributed by atoms with Crippen LogP contribution in [0.3, 0.4) is 0 Å². The Labute approximate surface area is 146 Å². The van der Waals surface area contributed by atoms with Crippen LogP contribution in [0.4, 0.5) is 0 Å². The number of hydrogen-bond donors (Lipinski definition) is 0. The van der Waals surface area contributed by atoms with E-state index in [4.69, 9.17) is 23.2 Å². The summed E-state index contributed by atoms with van der Waals surface area (Å²) < 4.78 is 0. The first kappa shape index (κ1) is 15.9. The molecular formula is C19H16Cl2N2. The normalized spacial score (nSPS) is 15.7. The van der Waals surface area contributed by atoms with Crippen molar-refractivity contribution in [2.24, 2.45) is 0 Å². The molecule has 0 radical (unpaired) electrons. The molecule has 1 aromatic carbocycles. The number of nitrogens with zero attached hydrogens (tertiary/aromatic N) is 2. The predicted octanol–water partition coefficient (Wildman–Crippen LogP) is 5.14. The molecule has 3 rings (SSSR count). The maximum Gasteiger partial charge on any atom is 0.0878 e. The first-order chi connectivity index (χ1) is 11.2. The second-order valence-corrected chi connectivity index (χ2v) is 6.13. The lowest BCUT2D eigenvalue weighted by molar-refractivity contribution is 0.521. The Morgan fingerprint density at radius 1 is 1.00 bits per heavy atom. The maximum atomic E-state index is 6.64. The van der Waals surface area contributed by atoms with Crippen LogP contribution < -0.4 is 0 Å². The number of rotatable bonds is 3. The molecule has 0 saturated carbocycles. The average Bonchev–Trinajstić information content (AvgIpc) is 2.56. The minimum atomic E-state index is 0.609. The summed E-state index contributed by atoms with van der Waals surface area (Å²) in [7, 11) is 1.96. The van der Waals surface area contributed by atoms with Gasteiger partial charge in [-0.3, -0.25) is 4.98 Å². The van der Waals surface area contributed by atoms with E-state index >= 15 is 0 Å². The van der Waals surface area contributed by atoms with Crippen LogP contribution >= 0.6 is 23.2 Å². The van der Waals surface area contributed by atoms with Crippen LogP contribution in [0.1, 0.15) is 11.3 Å².